The zero-order valence-electron chi connectivity index (χ0n) is 19.6. The highest BCUT2D eigenvalue weighted by atomic mass is 14.2. The summed E-state index contributed by atoms with van der Waals surface area (Å²) in [6.07, 6.45) is 8.02. The van der Waals surface area contributed by atoms with Gasteiger partial charge in [0.2, 0.25) is 0 Å². The minimum Gasteiger partial charge on any atom is -0.0958 e. The molecule has 0 aliphatic carbocycles. The lowest BCUT2D eigenvalue weighted by Crippen LogP contribution is -2.02. The number of benzene rings is 1. The molecule has 28 heavy (non-hydrogen) atoms. The molecule has 0 spiro atoms. The van der Waals surface area contributed by atoms with Gasteiger partial charge >= 0.3 is 0 Å². The second-order valence-corrected chi connectivity index (χ2v) is 8.32. The molecule has 1 unspecified atom stereocenters. The summed E-state index contributed by atoms with van der Waals surface area (Å²) in [7, 11) is 0. The summed E-state index contributed by atoms with van der Waals surface area (Å²) in [6.45, 7) is 23.9. The molecule has 0 aliphatic heterocycles. The molecule has 0 radical (unpaired) electrons. The van der Waals surface area contributed by atoms with Crippen molar-refractivity contribution < 1.29 is 0 Å². The summed E-state index contributed by atoms with van der Waals surface area (Å²) >= 11 is 0. The lowest BCUT2D eigenvalue weighted by atomic mass is 9.85. The number of hydrogen-bond donors (Lipinski definition) is 0. The van der Waals surface area contributed by atoms with Crippen molar-refractivity contribution in [2.24, 2.45) is 5.92 Å². The number of hydrogen-bond acceptors (Lipinski definition) is 0. The molecule has 0 heteroatoms. The van der Waals surface area contributed by atoms with Crippen LogP contribution in [0.5, 0.6) is 0 Å². The van der Waals surface area contributed by atoms with Crippen LogP contribution in [0.2, 0.25) is 0 Å². The first-order valence-electron chi connectivity index (χ1n) is 10.6. The maximum Gasteiger partial charge on any atom is 0.00635 e. The molecule has 0 amide bonds. The van der Waals surface area contributed by atoms with E-state index in [-0.39, 0.29) is 0 Å². The average molecular weight is 377 g/mol. The minimum absolute atomic E-state index is 0.342. The van der Waals surface area contributed by atoms with Gasteiger partial charge in [0, 0.05) is 5.92 Å². The minimum atomic E-state index is 0.342. The lowest BCUT2D eigenvalue weighted by molar-refractivity contribution is 0.816. The van der Waals surface area contributed by atoms with Crippen molar-refractivity contribution in [3.05, 3.63) is 88.1 Å². The molecule has 1 atom stereocenters. The Morgan fingerprint density at radius 1 is 1.00 bits per heavy atom. The molecular formula is C28H40. The van der Waals surface area contributed by atoms with Crippen LogP contribution in [0.1, 0.15) is 85.8 Å². The molecule has 0 fully saturated rings. The Hall–Kier alpha value is -2.08. The Labute approximate surface area is 174 Å². The summed E-state index contributed by atoms with van der Waals surface area (Å²) < 4.78 is 0. The van der Waals surface area contributed by atoms with Gasteiger partial charge in [-0.2, -0.15) is 0 Å². The van der Waals surface area contributed by atoms with Crippen LogP contribution in [0.3, 0.4) is 0 Å². The van der Waals surface area contributed by atoms with Crippen LogP contribution in [0, 0.1) is 5.92 Å². The fourth-order valence-electron chi connectivity index (χ4n) is 3.32. The van der Waals surface area contributed by atoms with Crippen molar-refractivity contribution in [3.8, 4) is 0 Å². The third kappa shape index (κ3) is 6.51. The second-order valence-electron chi connectivity index (χ2n) is 8.32. The van der Waals surface area contributed by atoms with Crippen molar-refractivity contribution in [1.29, 1.82) is 0 Å². The molecule has 1 aromatic carbocycles. The van der Waals surface area contributed by atoms with E-state index in [2.05, 4.69) is 111 Å². The van der Waals surface area contributed by atoms with Gasteiger partial charge in [0.25, 0.3) is 0 Å². The fourth-order valence-corrected chi connectivity index (χ4v) is 3.32. The van der Waals surface area contributed by atoms with E-state index in [1.165, 1.54) is 39.0 Å². The first-order valence-corrected chi connectivity index (χ1v) is 10.6. The van der Waals surface area contributed by atoms with E-state index in [0.717, 1.165) is 12.0 Å². The SMILES string of the molecule is C=C(C)C(C)=CC(=CC(C)C)C(=CC)C(C)c1ccc(C(C)=C(C)CC)cc1. The molecule has 0 saturated heterocycles. The van der Waals surface area contributed by atoms with E-state index in [1.807, 2.05) is 0 Å². The van der Waals surface area contributed by atoms with Crippen molar-refractivity contribution in [1.82, 2.24) is 0 Å². The summed E-state index contributed by atoms with van der Waals surface area (Å²) in [5.74, 6) is 0.841. The molecule has 0 aromatic heterocycles. The third-order valence-electron chi connectivity index (χ3n) is 5.68. The summed E-state index contributed by atoms with van der Waals surface area (Å²) in [5.41, 5.74) is 10.6. The number of allylic oxidation sites excluding steroid dienone is 9. The van der Waals surface area contributed by atoms with Crippen molar-refractivity contribution in [3.63, 3.8) is 0 Å². The molecule has 1 aromatic rings. The third-order valence-corrected chi connectivity index (χ3v) is 5.68. The highest BCUT2D eigenvalue weighted by molar-refractivity contribution is 5.67. The smallest absolute Gasteiger partial charge is 0.00635 e. The van der Waals surface area contributed by atoms with E-state index in [0.29, 0.717) is 11.8 Å². The van der Waals surface area contributed by atoms with E-state index in [4.69, 9.17) is 0 Å². The van der Waals surface area contributed by atoms with Gasteiger partial charge in [-0.3, -0.25) is 0 Å². The van der Waals surface area contributed by atoms with Crippen LogP contribution < -0.4 is 0 Å². The highest BCUT2D eigenvalue weighted by Gasteiger charge is 2.15. The van der Waals surface area contributed by atoms with Crippen LogP contribution >= 0.6 is 0 Å². The predicted molar refractivity (Wildman–Crippen MR) is 129 cm³/mol. The first-order chi connectivity index (χ1) is 13.1. The maximum absolute atomic E-state index is 4.10. The highest BCUT2D eigenvalue weighted by Crippen LogP contribution is 2.33. The van der Waals surface area contributed by atoms with Gasteiger partial charge in [0.15, 0.2) is 0 Å². The predicted octanol–water partition coefficient (Wildman–Crippen LogP) is 9.04. The van der Waals surface area contributed by atoms with E-state index < -0.39 is 0 Å². The van der Waals surface area contributed by atoms with Gasteiger partial charge in [0.1, 0.15) is 0 Å². The normalized spacial score (nSPS) is 15.6. The van der Waals surface area contributed by atoms with Crippen LogP contribution in [0.4, 0.5) is 0 Å². The van der Waals surface area contributed by atoms with Crippen LogP contribution in [-0.4, -0.2) is 0 Å². The van der Waals surface area contributed by atoms with Gasteiger partial charge < -0.3 is 0 Å². The maximum atomic E-state index is 4.10. The average Bonchev–Trinajstić information content (AvgIpc) is 2.66. The van der Waals surface area contributed by atoms with Crippen molar-refractivity contribution in [2.45, 2.75) is 74.7 Å². The Bertz CT molecular complexity index is 789. The van der Waals surface area contributed by atoms with Gasteiger partial charge in [-0.05, 0) is 80.4 Å². The summed E-state index contributed by atoms with van der Waals surface area (Å²) in [6, 6.07) is 9.12. The topological polar surface area (TPSA) is 0 Å². The van der Waals surface area contributed by atoms with Crippen molar-refractivity contribution in [2.75, 3.05) is 0 Å². The molecule has 0 N–H and O–H groups in total. The van der Waals surface area contributed by atoms with Gasteiger partial charge in [-0.15, -0.1) is 0 Å². The Kier molecular flexibility index (Phi) is 9.46. The molecule has 0 saturated carbocycles. The van der Waals surface area contributed by atoms with Crippen LogP contribution in [0.15, 0.2) is 76.9 Å². The molecule has 152 valence electrons. The Morgan fingerprint density at radius 2 is 1.57 bits per heavy atom. The lowest BCUT2D eigenvalue weighted by Gasteiger charge is -2.20. The van der Waals surface area contributed by atoms with Crippen LogP contribution in [-0.2, 0) is 0 Å². The van der Waals surface area contributed by atoms with E-state index in [1.54, 1.807) is 0 Å². The fraction of sp³-hybridized carbons (Fsp3) is 0.429. The number of rotatable bonds is 8. The van der Waals surface area contributed by atoms with Crippen LogP contribution in [0.25, 0.3) is 5.57 Å². The Balaban J connectivity index is 3.31. The monoisotopic (exact) mass is 376 g/mol. The largest absolute Gasteiger partial charge is 0.0958 e. The van der Waals surface area contributed by atoms with E-state index in [9.17, 15) is 0 Å². The zero-order chi connectivity index (χ0) is 21.4. The molecule has 1 rings (SSSR count). The molecule has 0 nitrogen and oxygen atoms in total. The van der Waals surface area contributed by atoms with E-state index >= 15 is 0 Å². The summed E-state index contributed by atoms with van der Waals surface area (Å²) in [4.78, 5) is 0. The second kappa shape index (κ2) is 11.1. The molecule has 0 bridgehead atoms. The Morgan fingerprint density at radius 3 is 2.00 bits per heavy atom. The van der Waals surface area contributed by atoms with Gasteiger partial charge in [0.05, 0.1) is 0 Å². The quantitative estimate of drug-likeness (QED) is 0.397. The van der Waals surface area contributed by atoms with Gasteiger partial charge in [-0.1, -0.05) is 87.9 Å². The molecule has 0 aliphatic rings. The molecule has 0 heterocycles. The summed E-state index contributed by atoms with van der Waals surface area (Å²) in [5, 5.41) is 0. The van der Waals surface area contributed by atoms with Gasteiger partial charge in [-0.25, -0.2) is 0 Å². The standard InChI is InChI=1S/C28H40/c1-11-21(7)23(9)25-13-15-26(16-14-25)24(10)28(12-2)27(17-19(3)4)18-22(8)20(5)6/h12-19,24H,5,11H2,1-4,6-10H3. The first kappa shape index (κ1) is 24.0. The molecular weight excluding hydrogens is 336 g/mol. The zero-order valence-corrected chi connectivity index (χ0v) is 19.6. The van der Waals surface area contributed by atoms with Crippen molar-refractivity contribution >= 4 is 5.57 Å².